The van der Waals surface area contributed by atoms with Gasteiger partial charge in [-0.3, -0.25) is 9.59 Å². The second-order valence-corrected chi connectivity index (χ2v) is 13.5. The quantitative estimate of drug-likeness (QED) is 0.0222. The second kappa shape index (κ2) is 33.9. The monoisotopic (exact) mass is 716 g/mol. The van der Waals surface area contributed by atoms with Gasteiger partial charge in [-0.15, -0.1) is 0 Å². The average Bonchev–Trinajstić information content (AvgIpc) is 3.08. The third-order valence-electron chi connectivity index (χ3n) is 7.48. The minimum atomic E-state index is -1.64. The molecule has 0 aromatic heterocycles. The smallest absolute Gasteiger partial charge is 0.306 e. The van der Waals surface area contributed by atoms with Gasteiger partial charge in [0.05, 0.1) is 40.3 Å². The van der Waals surface area contributed by atoms with Gasteiger partial charge >= 0.3 is 11.9 Å². The van der Waals surface area contributed by atoms with E-state index in [0.717, 1.165) is 64.2 Å². The minimum Gasteiger partial charge on any atom is -0.545 e. The maximum absolute atomic E-state index is 12.6. The van der Waals surface area contributed by atoms with Crippen LogP contribution in [0.15, 0.2) is 72.9 Å². The zero-order valence-electron chi connectivity index (χ0n) is 32.4. The van der Waals surface area contributed by atoms with Crippen molar-refractivity contribution in [1.82, 2.24) is 0 Å². The van der Waals surface area contributed by atoms with E-state index in [0.29, 0.717) is 17.4 Å². The van der Waals surface area contributed by atoms with Crippen LogP contribution >= 0.6 is 0 Å². The van der Waals surface area contributed by atoms with Crippen molar-refractivity contribution in [3.8, 4) is 0 Å². The lowest BCUT2D eigenvalue weighted by Crippen LogP contribution is -2.44. The first-order valence-electron chi connectivity index (χ1n) is 19.1. The molecule has 2 unspecified atom stereocenters. The van der Waals surface area contributed by atoms with Gasteiger partial charge in [-0.2, -0.15) is 0 Å². The van der Waals surface area contributed by atoms with Crippen molar-refractivity contribution in [2.75, 3.05) is 47.5 Å². The van der Waals surface area contributed by atoms with E-state index in [-0.39, 0.29) is 32.7 Å². The van der Waals surface area contributed by atoms with E-state index in [1.54, 1.807) is 0 Å². The lowest BCUT2D eigenvalue weighted by Gasteiger charge is -2.26. The van der Waals surface area contributed by atoms with Crippen molar-refractivity contribution in [3.05, 3.63) is 72.9 Å². The van der Waals surface area contributed by atoms with Gasteiger partial charge in [0.15, 0.2) is 12.4 Å². The molecule has 290 valence electrons. The summed E-state index contributed by atoms with van der Waals surface area (Å²) in [6.07, 6.45) is 36.9. The Balaban J connectivity index is 4.63. The van der Waals surface area contributed by atoms with E-state index in [1.165, 1.54) is 19.3 Å². The molecule has 0 spiro atoms. The Morgan fingerprint density at radius 1 is 0.608 bits per heavy atom. The predicted molar refractivity (Wildman–Crippen MR) is 204 cm³/mol. The number of carboxylic acid groups (broad SMARTS) is 1. The molecule has 0 bridgehead atoms. The molecule has 0 aliphatic heterocycles. The van der Waals surface area contributed by atoms with Gasteiger partial charge in [0.2, 0.25) is 0 Å². The van der Waals surface area contributed by atoms with Gasteiger partial charge < -0.3 is 33.3 Å². The van der Waals surface area contributed by atoms with Crippen LogP contribution in [0.4, 0.5) is 0 Å². The molecular formula is C42H69NO8. The lowest BCUT2D eigenvalue weighted by molar-refractivity contribution is -0.870. The summed E-state index contributed by atoms with van der Waals surface area (Å²) < 4.78 is 22.3. The number of esters is 2. The van der Waals surface area contributed by atoms with Crippen LogP contribution in [0, 0.1) is 0 Å². The third-order valence-corrected chi connectivity index (χ3v) is 7.48. The van der Waals surface area contributed by atoms with Gasteiger partial charge in [0.1, 0.15) is 13.2 Å². The number of ether oxygens (including phenoxy) is 4. The highest BCUT2D eigenvalue weighted by Crippen LogP contribution is 2.10. The van der Waals surface area contributed by atoms with Crippen molar-refractivity contribution < 1.29 is 42.9 Å². The molecule has 0 saturated carbocycles. The number of hydrogen-bond donors (Lipinski definition) is 0. The number of allylic oxidation sites excluding steroid dienone is 12. The first-order valence-corrected chi connectivity index (χ1v) is 19.1. The molecule has 0 aromatic rings. The number of carbonyl (C=O) groups is 3. The van der Waals surface area contributed by atoms with E-state index in [9.17, 15) is 19.5 Å². The molecule has 0 saturated heterocycles. The van der Waals surface area contributed by atoms with Crippen molar-refractivity contribution in [2.45, 2.75) is 129 Å². The number of hydrogen-bond acceptors (Lipinski definition) is 8. The fourth-order valence-electron chi connectivity index (χ4n) is 4.50. The fourth-order valence-corrected chi connectivity index (χ4v) is 4.50. The number of nitrogens with zero attached hydrogens (tertiary/aromatic N) is 1. The molecule has 51 heavy (non-hydrogen) atoms. The van der Waals surface area contributed by atoms with Crippen LogP contribution in [0.2, 0.25) is 0 Å². The number of rotatable bonds is 33. The molecule has 0 rings (SSSR count). The molecule has 0 radical (unpaired) electrons. The number of aliphatic carboxylic acids is 1. The Bertz CT molecular complexity index is 1070. The normalized spacial score (nSPS) is 13.8. The van der Waals surface area contributed by atoms with Crippen LogP contribution in [0.3, 0.4) is 0 Å². The summed E-state index contributed by atoms with van der Waals surface area (Å²) >= 11 is 0. The second-order valence-electron chi connectivity index (χ2n) is 13.5. The molecule has 0 aliphatic rings. The first-order chi connectivity index (χ1) is 24.6. The topological polar surface area (TPSA) is 111 Å². The Labute approximate surface area is 309 Å². The molecule has 0 fully saturated rings. The van der Waals surface area contributed by atoms with Gasteiger partial charge in [-0.05, 0) is 51.4 Å². The van der Waals surface area contributed by atoms with Gasteiger partial charge in [-0.25, -0.2) is 0 Å². The van der Waals surface area contributed by atoms with Crippen LogP contribution in [0.5, 0.6) is 0 Å². The van der Waals surface area contributed by atoms with Crippen molar-refractivity contribution in [2.24, 2.45) is 0 Å². The SMILES string of the molecule is CC/C=C\C/C=C\C/C=C\C/C=C\C/C=C\C/C=C\CCC(=O)OC(COC(=O)CCCCCCCCC)COC(OCC[N+](C)(C)C)C(=O)[O-]. The van der Waals surface area contributed by atoms with Crippen LogP contribution in [-0.2, 0) is 33.3 Å². The van der Waals surface area contributed by atoms with Crippen LogP contribution in [0.25, 0.3) is 0 Å². The van der Waals surface area contributed by atoms with E-state index in [4.69, 9.17) is 18.9 Å². The molecule has 0 aromatic carbocycles. The van der Waals surface area contributed by atoms with E-state index in [2.05, 4.69) is 74.6 Å². The third kappa shape index (κ3) is 34.9. The molecule has 0 amide bonds. The summed E-state index contributed by atoms with van der Waals surface area (Å²) in [6, 6.07) is 0. The van der Waals surface area contributed by atoms with Crippen molar-refractivity contribution >= 4 is 17.9 Å². The lowest BCUT2D eigenvalue weighted by atomic mass is 10.1. The highest BCUT2D eigenvalue weighted by Gasteiger charge is 2.21. The van der Waals surface area contributed by atoms with E-state index in [1.807, 2.05) is 33.3 Å². The zero-order chi connectivity index (χ0) is 37.8. The molecule has 9 heteroatoms. The summed E-state index contributed by atoms with van der Waals surface area (Å²) in [5.74, 6) is -2.42. The Morgan fingerprint density at radius 3 is 1.63 bits per heavy atom. The fraction of sp³-hybridized carbons (Fsp3) is 0.643. The number of carbonyl (C=O) groups excluding carboxylic acids is 3. The van der Waals surface area contributed by atoms with E-state index >= 15 is 0 Å². The first kappa shape index (κ1) is 47.7. The molecule has 9 nitrogen and oxygen atoms in total. The largest absolute Gasteiger partial charge is 0.545 e. The summed E-state index contributed by atoms with van der Waals surface area (Å²) in [4.78, 5) is 36.6. The molecule has 0 N–H and O–H groups in total. The van der Waals surface area contributed by atoms with Crippen LogP contribution in [0.1, 0.15) is 117 Å². The molecule has 0 aliphatic carbocycles. The summed E-state index contributed by atoms with van der Waals surface area (Å²) in [7, 11) is 5.86. The summed E-state index contributed by atoms with van der Waals surface area (Å²) in [6.45, 7) is 4.44. The maximum Gasteiger partial charge on any atom is 0.306 e. The number of carboxylic acids is 1. The Hall–Kier alpha value is -3.27. The van der Waals surface area contributed by atoms with Crippen molar-refractivity contribution in [1.29, 1.82) is 0 Å². The standard InChI is InChI=1S/C42H69NO8/c1-6-8-10-12-14-15-16-17-18-19-20-21-22-23-24-25-27-29-31-33-40(45)51-38(36-49-39(44)32-30-28-26-13-11-9-7-2)37-50-42(41(46)47)48-35-34-43(3,4)5/h8,10,14-15,17-18,20-21,23-24,27,29,38,42H,6-7,9,11-13,16,19,22,25-26,28,30-37H2,1-5H3/b10-8-,15-14-,18-17-,21-20-,24-23-,29-27-. The Morgan fingerprint density at radius 2 is 1.12 bits per heavy atom. The maximum atomic E-state index is 12.6. The van der Waals surface area contributed by atoms with Crippen LogP contribution < -0.4 is 5.11 Å². The van der Waals surface area contributed by atoms with Gasteiger partial charge in [0.25, 0.3) is 0 Å². The zero-order valence-corrected chi connectivity index (χ0v) is 32.4. The average molecular weight is 716 g/mol. The minimum absolute atomic E-state index is 0.120. The molecular weight excluding hydrogens is 646 g/mol. The van der Waals surface area contributed by atoms with Crippen LogP contribution in [-0.4, -0.2) is 82.3 Å². The number of likely N-dealkylation sites (N-methyl/N-ethyl adjacent to an activating group) is 1. The summed E-state index contributed by atoms with van der Waals surface area (Å²) in [5, 5.41) is 11.6. The van der Waals surface area contributed by atoms with Gasteiger partial charge in [-0.1, -0.05) is 125 Å². The number of unbranched alkanes of at least 4 members (excludes halogenated alkanes) is 6. The molecule has 2 atom stereocenters. The highest BCUT2D eigenvalue weighted by atomic mass is 16.7. The summed E-state index contributed by atoms with van der Waals surface area (Å²) in [5.41, 5.74) is 0. The molecule has 0 heterocycles. The predicted octanol–water partition coefficient (Wildman–Crippen LogP) is 7.88. The van der Waals surface area contributed by atoms with E-state index < -0.39 is 30.3 Å². The van der Waals surface area contributed by atoms with Crippen molar-refractivity contribution in [3.63, 3.8) is 0 Å². The number of quaternary nitrogens is 1. The highest BCUT2D eigenvalue weighted by molar-refractivity contribution is 5.70. The van der Waals surface area contributed by atoms with Gasteiger partial charge in [0, 0.05) is 12.8 Å². The Kier molecular flexibility index (Phi) is 31.7.